The molecular weight excluding hydrogens is 348 g/mol. The van der Waals surface area contributed by atoms with E-state index in [9.17, 15) is 9.59 Å². The Balaban J connectivity index is 2.95. The number of hydrogen-bond acceptors (Lipinski definition) is 6. The van der Waals surface area contributed by atoms with Crippen LogP contribution < -0.4 is 14.2 Å². The lowest BCUT2D eigenvalue weighted by atomic mass is 10.1. The van der Waals surface area contributed by atoms with Gasteiger partial charge in [0.1, 0.15) is 23.9 Å². The molecule has 0 aliphatic heterocycles. The first kappa shape index (κ1) is 22.5. The molecule has 0 bridgehead atoms. The van der Waals surface area contributed by atoms with E-state index in [4.69, 9.17) is 18.9 Å². The minimum absolute atomic E-state index is 0.123. The number of rotatable bonds is 10. The Hall–Kier alpha value is -2.50. The van der Waals surface area contributed by atoms with Crippen LogP contribution in [-0.2, 0) is 14.3 Å². The quantitative estimate of drug-likeness (QED) is 0.447. The molecule has 0 radical (unpaired) electrons. The summed E-state index contributed by atoms with van der Waals surface area (Å²) in [4.78, 5) is 23.7. The predicted octanol–water partition coefficient (Wildman–Crippen LogP) is 4.26. The van der Waals surface area contributed by atoms with Gasteiger partial charge in [-0.15, -0.1) is 0 Å². The van der Waals surface area contributed by atoms with Crippen LogP contribution in [0.15, 0.2) is 18.2 Å². The summed E-state index contributed by atoms with van der Waals surface area (Å²) in [5.74, 6) is 0.491. The SMILES string of the molecule is CCC(C)C(=O)OC/C=C/c1c(OC)cc(OC(=O)C(C)CC)cc1OC. The van der Waals surface area contributed by atoms with Crippen LogP contribution in [0.1, 0.15) is 46.1 Å². The normalized spacial score (nSPS) is 13.1. The monoisotopic (exact) mass is 378 g/mol. The summed E-state index contributed by atoms with van der Waals surface area (Å²) in [7, 11) is 3.05. The Kier molecular flexibility index (Phi) is 9.40. The third kappa shape index (κ3) is 6.62. The third-order valence-corrected chi connectivity index (χ3v) is 4.37. The zero-order valence-corrected chi connectivity index (χ0v) is 17.0. The van der Waals surface area contributed by atoms with Gasteiger partial charge in [0.15, 0.2) is 0 Å². The van der Waals surface area contributed by atoms with E-state index in [0.29, 0.717) is 29.2 Å². The molecule has 0 saturated carbocycles. The zero-order valence-electron chi connectivity index (χ0n) is 17.0. The number of carbonyl (C=O) groups is 2. The Morgan fingerprint density at radius 3 is 1.96 bits per heavy atom. The number of carbonyl (C=O) groups excluding carboxylic acids is 2. The van der Waals surface area contributed by atoms with Crippen LogP contribution in [0.5, 0.6) is 17.2 Å². The van der Waals surface area contributed by atoms with Gasteiger partial charge in [-0.1, -0.05) is 27.7 Å². The van der Waals surface area contributed by atoms with Gasteiger partial charge in [0.05, 0.1) is 31.6 Å². The standard InChI is InChI=1S/C21H30O6/c1-7-14(3)20(22)26-11-9-10-17-18(24-5)12-16(13-19(17)25-6)27-21(23)15(4)8-2/h9-10,12-15H,7-8,11H2,1-6H3/b10-9+. The first-order chi connectivity index (χ1) is 12.9. The van der Waals surface area contributed by atoms with Gasteiger partial charge < -0.3 is 18.9 Å². The fourth-order valence-corrected chi connectivity index (χ4v) is 2.13. The maximum absolute atomic E-state index is 12.0. The lowest BCUT2D eigenvalue weighted by molar-refractivity contribution is -0.146. The van der Waals surface area contributed by atoms with Crippen LogP contribution in [-0.4, -0.2) is 32.8 Å². The minimum Gasteiger partial charge on any atom is -0.496 e. The van der Waals surface area contributed by atoms with Crippen molar-refractivity contribution in [3.8, 4) is 17.2 Å². The van der Waals surface area contributed by atoms with E-state index in [1.165, 1.54) is 14.2 Å². The average molecular weight is 378 g/mol. The van der Waals surface area contributed by atoms with E-state index in [0.717, 1.165) is 6.42 Å². The molecule has 1 rings (SSSR count). The molecule has 0 amide bonds. The molecule has 0 aromatic heterocycles. The Morgan fingerprint density at radius 2 is 1.48 bits per heavy atom. The van der Waals surface area contributed by atoms with Gasteiger partial charge in [-0.25, -0.2) is 0 Å². The molecule has 1 aromatic carbocycles. The molecular formula is C21H30O6. The van der Waals surface area contributed by atoms with Gasteiger partial charge in [0.2, 0.25) is 0 Å². The summed E-state index contributed by atoms with van der Waals surface area (Å²) in [5, 5.41) is 0. The molecule has 1 aromatic rings. The van der Waals surface area contributed by atoms with E-state index in [-0.39, 0.29) is 30.4 Å². The van der Waals surface area contributed by atoms with E-state index in [2.05, 4.69) is 0 Å². The van der Waals surface area contributed by atoms with Gasteiger partial charge in [-0.2, -0.15) is 0 Å². The molecule has 0 N–H and O–H groups in total. The number of benzene rings is 1. The van der Waals surface area contributed by atoms with Crippen molar-refractivity contribution in [2.45, 2.75) is 40.5 Å². The highest BCUT2D eigenvalue weighted by Crippen LogP contribution is 2.35. The third-order valence-electron chi connectivity index (χ3n) is 4.37. The van der Waals surface area contributed by atoms with Crippen LogP contribution >= 0.6 is 0 Å². The Labute approximate surface area is 161 Å². The molecule has 0 fully saturated rings. The van der Waals surface area contributed by atoms with Gasteiger partial charge in [0.25, 0.3) is 0 Å². The first-order valence-corrected chi connectivity index (χ1v) is 9.18. The molecule has 0 aliphatic carbocycles. The number of ether oxygens (including phenoxy) is 4. The van der Waals surface area contributed by atoms with Crippen molar-refractivity contribution >= 4 is 18.0 Å². The Morgan fingerprint density at radius 1 is 0.963 bits per heavy atom. The first-order valence-electron chi connectivity index (χ1n) is 9.18. The lowest BCUT2D eigenvalue weighted by Gasteiger charge is -2.14. The molecule has 27 heavy (non-hydrogen) atoms. The van der Waals surface area contributed by atoms with Crippen LogP contribution in [0, 0.1) is 11.8 Å². The molecule has 0 spiro atoms. The molecule has 0 heterocycles. The lowest BCUT2D eigenvalue weighted by Crippen LogP contribution is -2.17. The molecule has 2 atom stereocenters. The van der Waals surface area contributed by atoms with Crippen LogP contribution in [0.25, 0.3) is 6.08 Å². The van der Waals surface area contributed by atoms with Crippen molar-refractivity contribution in [2.24, 2.45) is 11.8 Å². The van der Waals surface area contributed by atoms with Crippen molar-refractivity contribution < 1.29 is 28.5 Å². The minimum atomic E-state index is -0.304. The predicted molar refractivity (Wildman–Crippen MR) is 104 cm³/mol. The van der Waals surface area contributed by atoms with Crippen molar-refractivity contribution in [1.29, 1.82) is 0 Å². The van der Waals surface area contributed by atoms with Gasteiger partial charge >= 0.3 is 11.9 Å². The summed E-state index contributed by atoms with van der Waals surface area (Å²) < 4.78 is 21.4. The van der Waals surface area contributed by atoms with E-state index >= 15 is 0 Å². The molecule has 2 unspecified atom stereocenters. The van der Waals surface area contributed by atoms with E-state index < -0.39 is 0 Å². The molecule has 6 nitrogen and oxygen atoms in total. The Bertz CT molecular complexity index is 640. The second-order valence-electron chi connectivity index (χ2n) is 6.31. The molecule has 6 heteroatoms. The number of methoxy groups -OCH3 is 2. The summed E-state index contributed by atoms with van der Waals surface area (Å²) in [6.45, 7) is 7.66. The second kappa shape index (κ2) is 11.3. The average Bonchev–Trinajstić information content (AvgIpc) is 2.69. The fourth-order valence-electron chi connectivity index (χ4n) is 2.13. The van der Waals surface area contributed by atoms with E-state index in [1.54, 1.807) is 24.3 Å². The van der Waals surface area contributed by atoms with Gasteiger partial charge in [-0.3, -0.25) is 9.59 Å². The maximum atomic E-state index is 12.0. The van der Waals surface area contributed by atoms with Crippen molar-refractivity contribution in [3.05, 3.63) is 23.8 Å². The highest BCUT2D eigenvalue weighted by Gasteiger charge is 2.17. The topological polar surface area (TPSA) is 71.1 Å². The van der Waals surface area contributed by atoms with Crippen LogP contribution in [0.2, 0.25) is 0 Å². The zero-order chi connectivity index (χ0) is 20.4. The molecule has 150 valence electrons. The van der Waals surface area contributed by atoms with E-state index in [1.807, 2.05) is 27.7 Å². The number of esters is 2. The van der Waals surface area contributed by atoms with Crippen molar-refractivity contribution in [2.75, 3.05) is 20.8 Å². The van der Waals surface area contributed by atoms with Gasteiger partial charge in [-0.05, 0) is 25.0 Å². The molecule has 0 saturated heterocycles. The summed E-state index contributed by atoms with van der Waals surface area (Å²) in [6.07, 6.45) is 4.90. The fraction of sp³-hybridized carbons (Fsp3) is 0.524. The van der Waals surface area contributed by atoms with Crippen LogP contribution in [0.4, 0.5) is 0 Å². The summed E-state index contributed by atoms with van der Waals surface area (Å²) in [5.41, 5.74) is 0.669. The maximum Gasteiger partial charge on any atom is 0.314 e. The number of hydrogen-bond donors (Lipinski definition) is 0. The second-order valence-corrected chi connectivity index (χ2v) is 6.31. The highest BCUT2D eigenvalue weighted by atomic mass is 16.5. The summed E-state index contributed by atoms with van der Waals surface area (Å²) >= 11 is 0. The smallest absolute Gasteiger partial charge is 0.314 e. The molecule has 0 aliphatic rings. The summed E-state index contributed by atoms with van der Waals surface area (Å²) in [6, 6.07) is 3.27. The van der Waals surface area contributed by atoms with Gasteiger partial charge in [0, 0.05) is 12.1 Å². The van der Waals surface area contributed by atoms with Crippen LogP contribution in [0.3, 0.4) is 0 Å². The largest absolute Gasteiger partial charge is 0.496 e. The van der Waals surface area contributed by atoms with Crippen molar-refractivity contribution in [3.63, 3.8) is 0 Å². The van der Waals surface area contributed by atoms with Crippen molar-refractivity contribution in [1.82, 2.24) is 0 Å². The highest BCUT2D eigenvalue weighted by molar-refractivity contribution is 5.76.